The molecule has 0 saturated carbocycles. The van der Waals surface area contributed by atoms with Crippen molar-refractivity contribution in [2.45, 2.75) is 25.2 Å². The number of halogens is 1. The van der Waals surface area contributed by atoms with E-state index >= 15 is 0 Å². The molecular formula is C16H21FN2O3. The minimum absolute atomic E-state index is 0.0435. The summed E-state index contributed by atoms with van der Waals surface area (Å²) in [5.41, 5.74) is 0.888. The van der Waals surface area contributed by atoms with E-state index in [0.717, 1.165) is 5.56 Å². The third kappa shape index (κ3) is 3.45. The summed E-state index contributed by atoms with van der Waals surface area (Å²) in [6.45, 7) is 4.73. The predicted molar refractivity (Wildman–Crippen MR) is 78.9 cm³/mol. The van der Waals surface area contributed by atoms with Crippen LogP contribution in [-0.2, 0) is 14.3 Å². The minimum atomic E-state index is -0.284. The largest absolute Gasteiger partial charge is 0.378 e. The number of hydrogen-bond donors (Lipinski definition) is 1. The third-order valence-corrected chi connectivity index (χ3v) is 4.03. The zero-order chi connectivity index (χ0) is 15.5. The Balaban J connectivity index is 1.70. The summed E-state index contributed by atoms with van der Waals surface area (Å²) in [4.78, 5) is 14.4. The van der Waals surface area contributed by atoms with Crippen LogP contribution >= 0.6 is 0 Å². The second kappa shape index (κ2) is 6.73. The number of carbonyl (C=O) groups excluding carboxylic acids is 1. The number of nitrogens with zero attached hydrogens (tertiary/aromatic N) is 1. The molecule has 3 atom stereocenters. The van der Waals surface area contributed by atoms with Gasteiger partial charge in [-0.1, -0.05) is 12.1 Å². The molecule has 0 unspecified atom stereocenters. The van der Waals surface area contributed by atoms with E-state index in [1.165, 1.54) is 12.1 Å². The van der Waals surface area contributed by atoms with Gasteiger partial charge in [-0.3, -0.25) is 4.79 Å². The summed E-state index contributed by atoms with van der Waals surface area (Å²) < 4.78 is 24.3. The molecule has 0 radical (unpaired) electrons. The zero-order valence-electron chi connectivity index (χ0n) is 12.6. The number of benzene rings is 1. The van der Waals surface area contributed by atoms with Gasteiger partial charge in [-0.25, -0.2) is 4.39 Å². The third-order valence-electron chi connectivity index (χ3n) is 4.03. The quantitative estimate of drug-likeness (QED) is 0.889. The second-order valence-corrected chi connectivity index (χ2v) is 5.81. The first-order chi connectivity index (χ1) is 10.6. The van der Waals surface area contributed by atoms with Crippen molar-refractivity contribution in [3.8, 4) is 0 Å². The van der Waals surface area contributed by atoms with E-state index in [2.05, 4.69) is 5.32 Å². The van der Waals surface area contributed by atoms with E-state index in [1.54, 1.807) is 12.1 Å². The van der Waals surface area contributed by atoms with Gasteiger partial charge in [0.1, 0.15) is 18.0 Å². The molecule has 0 aromatic heterocycles. The van der Waals surface area contributed by atoms with Crippen LogP contribution in [0, 0.1) is 5.82 Å². The second-order valence-electron chi connectivity index (χ2n) is 5.81. The van der Waals surface area contributed by atoms with E-state index in [-0.39, 0.29) is 30.0 Å². The Morgan fingerprint density at radius 3 is 2.77 bits per heavy atom. The highest BCUT2D eigenvalue weighted by molar-refractivity contribution is 5.82. The maximum Gasteiger partial charge on any atom is 0.242 e. The minimum Gasteiger partial charge on any atom is -0.378 e. The monoisotopic (exact) mass is 308 g/mol. The van der Waals surface area contributed by atoms with Gasteiger partial charge in [-0.2, -0.15) is 0 Å². The van der Waals surface area contributed by atoms with E-state index in [1.807, 2.05) is 11.8 Å². The Morgan fingerprint density at radius 2 is 2.09 bits per heavy atom. The molecule has 2 aliphatic heterocycles. The van der Waals surface area contributed by atoms with Crippen molar-refractivity contribution >= 4 is 5.91 Å². The van der Waals surface area contributed by atoms with Gasteiger partial charge in [0.05, 0.1) is 25.9 Å². The van der Waals surface area contributed by atoms with E-state index in [9.17, 15) is 9.18 Å². The Labute approximate surface area is 129 Å². The average Bonchev–Trinajstić information content (AvgIpc) is 2.55. The Morgan fingerprint density at radius 1 is 1.32 bits per heavy atom. The summed E-state index contributed by atoms with van der Waals surface area (Å²) in [5.74, 6) is -0.231. The topological polar surface area (TPSA) is 50.8 Å². The summed E-state index contributed by atoms with van der Waals surface area (Å²) >= 11 is 0. The molecule has 0 spiro atoms. The molecule has 1 aromatic carbocycles. The number of morpholine rings is 2. The molecule has 2 saturated heterocycles. The van der Waals surface area contributed by atoms with Crippen molar-refractivity contribution in [1.29, 1.82) is 0 Å². The highest BCUT2D eigenvalue weighted by Crippen LogP contribution is 2.26. The van der Waals surface area contributed by atoms with Crippen LogP contribution in [0.15, 0.2) is 24.3 Å². The molecule has 0 bridgehead atoms. The van der Waals surface area contributed by atoms with Crippen molar-refractivity contribution < 1.29 is 18.7 Å². The van der Waals surface area contributed by atoms with Gasteiger partial charge in [0.2, 0.25) is 5.91 Å². The standard InChI is InChI=1S/C16H21FN2O3/c1-11-8-19(16(20)14-10-21-7-6-18-14)9-15(22-11)12-2-4-13(17)5-3-12/h2-5,11,14-15,18H,6-10H2,1H3/t11-,14-,15-/m1/s1. The normalized spacial score (nSPS) is 29.4. The van der Waals surface area contributed by atoms with Crippen LogP contribution < -0.4 is 5.32 Å². The van der Waals surface area contributed by atoms with Gasteiger partial charge in [-0.05, 0) is 24.6 Å². The van der Waals surface area contributed by atoms with Gasteiger partial charge < -0.3 is 19.7 Å². The molecule has 120 valence electrons. The van der Waals surface area contributed by atoms with Gasteiger partial charge in [0.25, 0.3) is 0 Å². The van der Waals surface area contributed by atoms with Crippen molar-refractivity contribution in [1.82, 2.24) is 10.2 Å². The summed E-state index contributed by atoms with van der Waals surface area (Å²) in [6, 6.07) is 5.97. The first-order valence-corrected chi connectivity index (χ1v) is 7.64. The van der Waals surface area contributed by atoms with Crippen LogP contribution in [0.2, 0.25) is 0 Å². The molecule has 2 aliphatic rings. The molecule has 1 aromatic rings. The molecule has 1 amide bonds. The Hall–Kier alpha value is -1.50. The number of hydrogen-bond acceptors (Lipinski definition) is 4. The highest BCUT2D eigenvalue weighted by Gasteiger charge is 2.33. The molecule has 5 nitrogen and oxygen atoms in total. The number of ether oxygens (including phenoxy) is 2. The van der Waals surface area contributed by atoms with Crippen LogP contribution in [0.3, 0.4) is 0 Å². The first-order valence-electron chi connectivity index (χ1n) is 7.64. The Bertz CT molecular complexity index is 517. The lowest BCUT2D eigenvalue weighted by Crippen LogP contribution is -2.56. The fraction of sp³-hybridized carbons (Fsp3) is 0.562. The molecule has 2 heterocycles. The molecule has 6 heteroatoms. The van der Waals surface area contributed by atoms with Crippen molar-refractivity contribution in [2.75, 3.05) is 32.8 Å². The lowest BCUT2D eigenvalue weighted by atomic mass is 10.1. The van der Waals surface area contributed by atoms with Crippen LogP contribution in [0.25, 0.3) is 0 Å². The van der Waals surface area contributed by atoms with Crippen LogP contribution in [-0.4, -0.2) is 55.8 Å². The molecule has 2 fully saturated rings. The zero-order valence-corrected chi connectivity index (χ0v) is 12.6. The number of carbonyl (C=O) groups is 1. The average molecular weight is 308 g/mol. The smallest absolute Gasteiger partial charge is 0.242 e. The first kappa shape index (κ1) is 15.4. The van der Waals surface area contributed by atoms with Crippen molar-refractivity contribution in [3.05, 3.63) is 35.6 Å². The van der Waals surface area contributed by atoms with Gasteiger partial charge in [-0.15, -0.1) is 0 Å². The van der Waals surface area contributed by atoms with E-state index in [0.29, 0.717) is 32.8 Å². The summed E-state index contributed by atoms with van der Waals surface area (Å²) in [6.07, 6.45) is -0.282. The van der Waals surface area contributed by atoms with Crippen molar-refractivity contribution in [3.63, 3.8) is 0 Å². The number of rotatable bonds is 2. The lowest BCUT2D eigenvalue weighted by Gasteiger charge is -2.39. The number of amides is 1. The van der Waals surface area contributed by atoms with E-state index < -0.39 is 0 Å². The lowest BCUT2D eigenvalue weighted by molar-refractivity contribution is -0.149. The SMILES string of the molecule is C[C@@H]1CN(C(=O)[C@H]2COCCN2)C[C@H](c2ccc(F)cc2)O1. The molecule has 0 aliphatic carbocycles. The molecule has 1 N–H and O–H groups in total. The van der Waals surface area contributed by atoms with Crippen LogP contribution in [0.5, 0.6) is 0 Å². The van der Waals surface area contributed by atoms with Crippen LogP contribution in [0.4, 0.5) is 4.39 Å². The fourth-order valence-electron chi connectivity index (χ4n) is 2.94. The van der Waals surface area contributed by atoms with Gasteiger partial charge >= 0.3 is 0 Å². The van der Waals surface area contributed by atoms with Gasteiger partial charge in [0.15, 0.2) is 0 Å². The summed E-state index contributed by atoms with van der Waals surface area (Å²) in [7, 11) is 0. The van der Waals surface area contributed by atoms with Gasteiger partial charge in [0, 0.05) is 13.1 Å². The number of nitrogens with one attached hydrogen (secondary N) is 1. The molecule has 3 rings (SSSR count). The fourth-order valence-corrected chi connectivity index (χ4v) is 2.94. The van der Waals surface area contributed by atoms with E-state index in [4.69, 9.17) is 9.47 Å². The van der Waals surface area contributed by atoms with Crippen molar-refractivity contribution in [2.24, 2.45) is 0 Å². The maximum absolute atomic E-state index is 13.1. The maximum atomic E-state index is 13.1. The molecular weight excluding hydrogens is 287 g/mol. The molecule has 22 heavy (non-hydrogen) atoms. The predicted octanol–water partition coefficient (Wildman–Crippen LogP) is 1.10. The Kier molecular flexibility index (Phi) is 4.71. The van der Waals surface area contributed by atoms with Crippen LogP contribution in [0.1, 0.15) is 18.6 Å². The highest BCUT2D eigenvalue weighted by atomic mass is 19.1. The summed E-state index contributed by atoms with van der Waals surface area (Å²) in [5, 5.41) is 3.19.